The van der Waals surface area contributed by atoms with Crippen molar-refractivity contribution >= 4 is 11.8 Å². The number of hydrogen-bond acceptors (Lipinski definition) is 5. The summed E-state index contributed by atoms with van der Waals surface area (Å²) in [5.41, 5.74) is 6.76. The Kier molecular flexibility index (Phi) is 3.24. The lowest BCUT2D eigenvalue weighted by atomic mass is 9.34. The Labute approximate surface area is 178 Å². The van der Waals surface area contributed by atoms with E-state index in [2.05, 4.69) is 26.8 Å². The molecule has 1 heterocycles. The predicted octanol–water partition coefficient (Wildman–Crippen LogP) is 4.02. The third kappa shape index (κ3) is 1.62. The van der Waals surface area contributed by atoms with Crippen LogP contribution in [0.4, 0.5) is 0 Å². The van der Waals surface area contributed by atoms with Crippen LogP contribution in [0.1, 0.15) is 78.6 Å². The molecule has 6 rings (SSSR count). The van der Waals surface area contributed by atoms with Crippen molar-refractivity contribution in [1.82, 2.24) is 0 Å². The quantitative estimate of drug-likeness (QED) is 0.611. The molecular formula is C25H32N2O3. The van der Waals surface area contributed by atoms with Gasteiger partial charge in [-0.25, -0.2) is 0 Å². The second kappa shape index (κ2) is 5.14. The highest BCUT2D eigenvalue weighted by Crippen LogP contribution is 2.80. The molecule has 0 aromatic carbocycles. The first-order valence-corrected chi connectivity index (χ1v) is 11.8. The summed E-state index contributed by atoms with van der Waals surface area (Å²) in [6.45, 7) is 7.04. The van der Waals surface area contributed by atoms with Gasteiger partial charge in [0.05, 0.1) is 11.5 Å². The number of hydrogen-bond donors (Lipinski definition) is 1. The molecule has 1 aliphatic heterocycles. The summed E-state index contributed by atoms with van der Waals surface area (Å²) in [5.74, 6) is 0.899. The summed E-state index contributed by atoms with van der Waals surface area (Å²) in [5, 5.41) is 10.5. The molecule has 1 saturated heterocycles. The first-order valence-electron chi connectivity index (χ1n) is 11.8. The fourth-order valence-corrected chi connectivity index (χ4v) is 9.91. The molecule has 1 spiro atoms. The van der Waals surface area contributed by atoms with Crippen molar-refractivity contribution in [2.24, 2.45) is 45.1 Å². The van der Waals surface area contributed by atoms with Crippen LogP contribution in [-0.4, -0.2) is 17.4 Å². The largest absolute Gasteiger partial charge is 0.458 e. The smallest absolute Gasteiger partial charge is 0.306 e. The van der Waals surface area contributed by atoms with E-state index in [0.29, 0.717) is 36.7 Å². The van der Waals surface area contributed by atoms with E-state index < -0.39 is 5.41 Å². The maximum absolute atomic E-state index is 13.0. The van der Waals surface area contributed by atoms with Gasteiger partial charge in [0.25, 0.3) is 0 Å². The molecule has 4 saturated carbocycles. The molecule has 8 atom stereocenters. The first kappa shape index (κ1) is 18.9. The Morgan fingerprint density at radius 1 is 1.03 bits per heavy atom. The predicted molar refractivity (Wildman–Crippen MR) is 109 cm³/mol. The van der Waals surface area contributed by atoms with Crippen LogP contribution in [0.3, 0.4) is 0 Å². The molecule has 0 aromatic rings. The van der Waals surface area contributed by atoms with E-state index in [1.807, 2.05) is 0 Å². The maximum Gasteiger partial charge on any atom is 0.306 e. The number of carbonyl (C=O) groups excluding carboxylic acids is 2. The van der Waals surface area contributed by atoms with Gasteiger partial charge in [-0.15, -0.1) is 0 Å². The second-order valence-corrected chi connectivity index (χ2v) is 11.9. The summed E-state index contributed by atoms with van der Waals surface area (Å²) in [4.78, 5) is 25.1. The fraction of sp³-hybridized carbons (Fsp3) is 0.800. The zero-order valence-electron chi connectivity index (χ0n) is 18.3. The number of nitrogens with zero attached hydrogens (tertiary/aromatic N) is 1. The van der Waals surface area contributed by atoms with Gasteiger partial charge < -0.3 is 10.5 Å². The average molecular weight is 409 g/mol. The number of carbonyl (C=O) groups is 2. The van der Waals surface area contributed by atoms with Gasteiger partial charge in [-0.1, -0.05) is 20.8 Å². The highest BCUT2D eigenvalue weighted by Gasteiger charge is 2.78. The summed E-state index contributed by atoms with van der Waals surface area (Å²) in [7, 11) is 0. The number of nitrogens with two attached hydrogens (primary N) is 1. The molecule has 2 bridgehead atoms. The van der Waals surface area contributed by atoms with Gasteiger partial charge in [0.15, 0.2) is 5.78 Å². The summed E-state index contributed by atoms with van der Waals surface area (Å²) in [6, 6.07) is 2.67. The van der Waals surface area contributed by atoms with Gasteiger partial charge in [-0.05, 0) is 67.6 Å². The van der Waals surface area contributed by atoms with Crippen molar-refractivity contribution in [3.05, 3.63) is 11.3 Å². The van der Waals surface area contributed by atoms with E-state index in [0.717, 1.165) is 44.2 Å². The standard InChI is InChI=1S/C25H32N2O3/c1-21-10-11-22(2)18(15(21)4-8-25(21)9-6-17(29)30-25)14-12-24(13-26)19(20(14)27)16(28)5-7-23(22,24)3/h14-15,18H,4-12,27H2,1-3H3/t14-,15?,18?,21?,22-,23?,24-,25+/m0/s1. The zero-order chi connectivity index (χ0) is 21.3. The van der Waals surface area contributed by atoms with Crippen LogP contribution in [0.2, 0.25) is 0 Å². The van der Waals surface area contributed by atoms with Crippen LogP contribution in [0.15, 0.2) is 11.3 Å². The lowest BCUT2D eigenvalue weighted by Crippen LogP contribution is -2.65. The molecular weight excluding hydrogens is 376 g/mol. The van der Waals surface area contributed by atoms with Crippen LogP contribution in [0, 0.1) is 50.7 Å². The van der Waals surface area contributed by atoms with Gasteiger partial charge in [0, 0.05) is 35.4 Å². The molecule has 5 nitrogen and oxygen atoms in total. The van der Waals surface area contributed by atoms with Gasteiger partial charge in [-0.2, -0.15) is 5.26 Å². The Hall–Kier alpha value is -1.83. The summed E-state index contributed by atoms with van der Waals surface area (Å²) < 4.78 is 6.08. The number of ether oxygens (including phenoxy) is 1. The molecule has 5 aliphatic carbocycles. The number of ketones is 1. The molecule has 4 unspecified atom stereocenters. The molecule has 2 N–H and O–H groups in total. The van der Waals surface area contributed by atoms with Gasteiger partial charge in [0.2, 0.25) is 0 Å². The van der Waals surface area contributed by atoms with Gasteiger partial charge in [-0.3, -0.25) is 9.59 Å². The molecule has 30 heavy (non-hydrogen) atoms. The molecule has 6 aliphatic rings. The highest BCUT2D eigenvalue weighted by atomic mass is 16.6. The number of fused-ring (bicyclic) bond motifs is 7. The Balaban J connectivity index is 1.54. The average Bonchev–Trinajstić information content (AvgIpc) is 3.33. The van der Waals surface area contributed by atoms with Crippen LogP contribution in [0.25, 0.3) is 0 Å². The minimum absolute atomic E-state index is 0.0437. The van der Waals surface area contributed by atoms with Crippen LogP contribution in [0.5, 0.6) is 0 Å². The van der Waals surface area contributed by atoms with Crippen molar-refractivity contribution < 1.29 is 14.3 Å². The van der Waals surface area contributed by atoms with E-state index in [-0.39, 0.29) is 39.5 Å². The summed E-state index contributed by atoms with van der Waals surface area (Å²) in [6.07, 6.45) is 7.37. The Morgan fingerprint density at radius 2 is 1.77 bits per heavy atom. The lowest BCUT2D eigenvalue weighted by molar-refractivity contribution is -0.210. The summed E-state index contributed by atoms with van der Waals surface area (Å²) >= 11 is 0. The number of Topliss-reactive ketones (excluding diaryl/α,β-unsaturated/α-hetero) is 1. The van der Waals surface area contributed by atoms with Crippen molar-refractivity contribution in [1.29, 1.82) is 5.26 Å². The van der Waals surface area contributed by atoms with E-state index in [1.165, 1.54) is 0 Å². The molecule has 0 radical (unpaired) electrons. The van der Waals surface area contributed by atoms with Crippen LogP contribution >= 0.6 is 0 Å². The van der Waals surface area contributed by atoms with Crippen molar-refractivity contribution in [2.45, 2.75) is 84.2 Å². The normalized spacial score (nSPS) is 56.0. The van der Waals surface area contributed by atoms with Crippen molar-refractivity contribution in [3.8, 4) is 6.07 Å². The third-order valence-electron chi connectivity index (χ3n) is 11.7. The van der Waals surface area contributed by atoms with E-state index in [1.54, 1.807) is 0 Å². The van der Waals surface area contributed by atoms with Crippen LogP contribution < -0.4 is 5.73 Å². The van der Waals surface area contributed by atoms with Crippen molar-refractivity contribution in [2.75, 3.05) is 0 Å². The second-order valence-electron chi connectivity index (χ2n) is 11.9. The van der Waals surface area contributed by atoms with Crippen LogP contribution in [-0.2, 0) is 14.3 Å². The minimum Gasteiger partial charge on any atom is -0.458 e. The Bertz CT molecular complexity index is 979. The topological polar surface area (TPSA) is 93.2 Å². The molecule has 0 aromatic heterocycles. The molecule has 5 heteroatoms. The van der Waals surface area contributed by atoms with E-state index in [9.17, 15) is 14.9 Å². The van der Waals surface area contributed by atoms with E-state index in [4.69, 9.17) is 10.5 Å². The number of rotatable bonds is 0. The Morgan fingerprint density at radius 3 is 2.43 bits per heavy atom. The number of esters is 1. The molecule has 0 amide bonds. The minimum atomic E-state index is -0.730. The van der Waals surface area contributed by atoms with Gasteiger partial charge >= 0.3 is 5.97 Å². The first-order chi connectivity index (χ1) is 14.1. The van der Waals surface area contributed by atoms with E-state index >= 15 is 0 Å². The molecule has 160 valence electrons. The maximum atomic E-state index is 13.0. The fourth-order valence-electron chi connectivity index (χ4n) is 9.91. The monoisotopic (exact) mass is 408 g/mol. The third-order valence-corrected chi connectivity index (χ3v) is 11.7. The van der Waals surface area contributed by atoms with Gasteiger partial charge in [0.1, 0.15) is 5.60 Å². The lowest BCUT2D eigenvalue weighted by Gasteiger charge is -2.68. The SMILES string of the molecule is CC12CC[C@@]3(C)C(C1CC[C@@]21CCC(=O)O1)[C@@H]1C[C@]2(C#N)C(=C1N)C(=O)CCC32C. The molecule has 5 fully saturated rings. The van der Waals surface area contributed by atoms with Crippen molar-refractivity contribution in [3.63, 3.8) is 0 Å². The zero-order valence-corrected chi connectivity index (χ0v) is 18.3. The number of nitriles is 1. The highest BCUT2D eigenvalue weighted by molar-refractivity contribution is 6.00. The number of allylic oxidation sites excluding steroid dienone is 2.